The molecule has 0 saturated carbocycles. The smallest absolute Gasteiger partial charge is 0.320 e. The lowest BCUT2D eigenvalue weighted by molar-refractivity contribution is -0.112. The second-order valence-electron chi connectivity index (χ2n) is 8.40. The van der Waals surface area contributed by atoms with Crippen molar-refractivity contribution in [3.63, 3.8) is 0 Å². The summed E-state index contributed by atoms with van der Waals surface area (Å²) in [6.07, 6.45) is 2.51. The molecule has 162 valence electrons. The molecule has 2 aromatic rings. The number of phenols is 1. The van der Waals surface area contributed by atoms with Crippen LogP contribution in [0.15, 0.2) is 30.3 Å². The van der Waals surface area contributed by atoms with E-state index in [2.05, 4.69) is 20.4 Å². The number of nitrogens with zero attached hydrogens (tertiary/aromatic N) is 5. The molecule has 2 saturated heterocycles. The number of aldehydes is 1. The average molecular weight is 422 g/mol. The minimum absolute atomic E-state index is 0.0672. The molecule has 5 rings (SSSR count). The highest BCUT2D eigenvalue weighted by molar-refractivity contribution is 5.78. The highest BCUT2D eigenvalue weighted by atomic mass is 16.3. The fourth-order valence-electron chi connectivity index (χ4n) is 4.71. The molecule has 0 radical (unpaired) electrons. The van der Waals surface area contributed by atoms with Gasteiger partial charge in [-0.25, -0.2) is 4.79 Å². The number of para-hydroxylation sites is 1. The van der Waals surface area contributed by atoms with E-state index >= 15 is 0 Å². The first-order valence-corrected chi connectivity index (χ1v) is 10.8. The maximum atomic E-state index is 13.0. The van der Waals surface area contributed by atoms with Crippen molar-refractivity contribution < 1.29 is 14.7 Å². The molecule has 1 aromatic carbocycles. The summed E-state index contributed by atoms with van der Waals surface area (Å²) in [5.74, 6) is 0.983. The van der Waals surface area contributed by atoms with Crippen LogP contribution in [0, 0.1) is 5.92 Å². The van der Waals surface area contributed by atoms with Crippen molar-refractivity contribution >= 4 is 23.8 Å². The zero-order valence-corrected chi connectivity index (χ0v) is 17.3. The molecule has 2 N–H and O–H groups in total. The number of urea groups is 1. The molecule has 1 aromatic heterocycles. The van der Waals surface area contributed by atoms with E-state index in [1.165, 1.54) is 0 Å². The molecule has 3 aliphatic rings. The molecule has 0 bridgehead atoms. The third-order valence-electron chi connectivity index (χ3n) is 6.52. The van der Waals surface area contributed by atoms with Crippen LogP contribution in [0.5, 0.6) is 5.75 Å². The van der Waals surface area contributed by atoms with Crippen molar-refractivity contribution in [3.05, 3.63) is 30.3 Å². The molecule has 9 heteroatoms. The van der Waals surface area contributed by atoms with Gasteiger partial charge in [0.2, 0.25) is 0 Å². The SMILES string of the molecule is O=CC1CCN(C(=O)N2CCN3c4cc(-c5ccccc5O)nnc4NC[C@H]3C2)CC1. The van der Waals surface area contributed by atoms with E-state index in [1.54, 1.807) is 12.1 Å². The Morgan fingerprint density at radius 1 is 1.10 bits per heavy atom. The van der Waals surface area contributed by atoms with Gasteiger partial charge < -0.3 is 29.9 Å². The van der Waals surface area contributed by atoms with Crippen molar-refractivity contribution in [2.24, 2.45) is 5.92 Å². The number of carbonyl (C=O) groups excluding carboxylic acids is 2. The molecule has 0 spiro atoms. The number of hydrogen-bond donors (Lipinski definition) is 2. The minimum atomic E-state index is 0.0672. The van der Waals surface area contributed by atoms with Crippen LogP contribution in [0.25, 0.3) is 11.3 Å². The van der Waals surface area contributed by atoms with Crippen LogP contribution in [-0.2, 0) is 4.79 Å². The van der Waals surface area contributed by atoms with Gasteiger partial charge in [0, 0.05) is 50.7 Å². The molecule has 0 aliphatic carbocycles. The molecule has 1 atom stereocenters. The van der Waals surface area contributed by atoms with Crippen molar-refractivity contribution in [2.75, 3.05) is 49.5 Å². The first-order valence-electron chi connectivity index (χ1n) is 10.8. The summed E-state index contributed by atoms with van der Waals surface area (Å²) in [6, 6.07) is 9.26. The molecule has 9 nitrogen and oxygen atoms in total. The van der Waals surface area contributed by atoms with Crippen molar-refractivity contribution in [1.82, 2.24) is 20.0 Å². The van der Waals surface area contributed by atoms with Gasteiger partial charge in [-0.3, -0.25) is 0 Å². The van der Waals surface area contributed by atoms with Gasteiger partial charge >= 0.3 is 6.03 Å². The number of aromatic nitrogens is 2. The number of rotatable bonds is 2. The number of fused-ring (bicyclic) bond motifs is 3. The van der Waals surface area contributed by atoms with Crippen LogP contribution in [-0.4, -0.2) is 82.7 Å². The molecule has 31 heavy (non-hydrogen) atoms. The Kier molecular flexibility index (Phi) is 5.09. The fraction of sp³-hybridized carbons (Fsp3) is 0.455. The van der Waals surface area contributed by atoms with E-state index in [4.69, 9.17) is 0 Å². The predicted octanol–water partition coefficient (Wildman–Crippen LogP) is 1.80. The topological polar surface area (TPSA) is 102 Å². The Labute approximate surface area is 180 Å². The molecule has 2 fully saturated rings. The monoisotopic (exact) mass is 422 g/mol. The highest BCUT2D eigenvalue weighted by Gasteiger charge is 2.36. The fourth-order valence-corrected chi connectivity index (χ4v) is 4.71. The number of piperidine rings is 1. The van der Waals surface area contributed by atoms with Crippen molar-refractivity contribution in [1.29, 1.82) is 0 Å². The highest BCUT2D eigenvalue weighted by Crippen LogP contribution is 2.36. The first-order chi connectivity index (χ1) is 15.1. The Hall–Kier alpha value is -3.36. The lowest BCUT2D eigenvalue weighted by Crippen LogP contribution is -2.61. The van der Waals surface area contributed by atoms with Gasteiger partial charge in [-0.05, 0) is 31.0 Å². The largest absolute Gasteiger partial charge is 0.507 e. The molecule has 0 unspecified atom stereocenters. The van der Waals surface area contributed by atoms with Gasteiger partial charge in [0.15, 0.2) is 5.82 Å². The lowest BCUT2D eigenvalue weighted by atomic mass is 9.99. The van der Waals surface area contributed by atoms with E-state index in [1.807, 2.05) is 28.0 Å². The second-order valence-corrected chi connectivity index (χ2v) is 8.40. The maximum absolute atomic E-state index is 13.0. The summed E-state index contributed by atoms with van der Waals surface area (Å²) >= 11 is 0. The van der Waals surface area contributed by atoms with Gasteiger partial charge in [0.05, 0.1) is 17.4 Å². The summed E-state index contributed by atoms with van der Waals surface area (Å²) < 4.78 is 0. The predicted molar refractivity (Wildman–Crippen MR) is 116 cm³/mol. The van der Waals surface area contributed by atoms with E-state index in [0.717, 1.165) is 30.6 Å². The summed E-state index contributed by atoms with van der Waals surface area (Å²) in [7, 11) is 0. The quantitative estimate of drug-likeness (QED) is 0.712. The Balaban J connectivity index is 1.31. The van der Waals surface area contributed by atoms with Crippen LogP contribution in [0.1, 0.15) is 12.8 Å². The number of aromatic hydroxyl groups is 1. The number of piperazine rings is 1. The van der Waals surface area contributed by atoms with Gasteiger partial charge in [-0.2, -0.15) is 0 Å². The zero-order valence-electron chi connectivity index (χ0n) is 17.3. The van der Waals surface area contributed by atoms with Crippen LogP contribution in [0.4, 0.5) is 16.3 Å². The average Bonchev–Trinajstić information content (AvgIpc) is 2.83. The van der Waals surface area contributed by atoms with Gasteiger partial charge in [-0.15, -0.1) is 10.2 Å². The number of benzene rings is 1. The number of likely N-dealkylation sites (tertiary alicyclic amines) is 1. The maximum Gasteiger partial charge on any atom is 0.320 e. The Morgan fingerprint density at radius 2 is 1.90 bits per heavy atom. The minimum Gasteiger partial charge on any atom is -0.507 e. The number of anilines is 2. The molecular formula is C22H26N6O3. The number of amides is 2. The summed E-state index contributed by atoms with van der Waals surface area (Å²) in [6.45, 7) is 3.96. The van der Waals surface area contributed by atoms with Crippen LogP contribution >= 0.6 is 0 Å². The number of carbonyl (C=O) groups is 2. The molecule has 4 heterocycles. The summed E-state index contributed by atoms with van der Waals surface area (Å²) in [5, 5.41) is 22.1. The molecule has 3 aliphatic heterocycles. The van der Waals surface area contributed by atoms with Gasteiger partial charge in [0.1, 0.15) is 12.0 Å². The van der Waals surface area contributed by atoms with Crippen molar-refractivity contribution in [2.45, 2.75) is 18.9 Å². The zero-order chi connectivity index (χ0) is 21.4. The van der Waals surface area contributed by atoms with Crippen molar-refractivity contribution in [3.8, 4) is 17.0 Å². The van der Waals surface area contributed by atoms with E-state index in [-0.39, 0.29) is 23.7 Å². The third kappa shape index (κ3) is 3.64. The van der Waals surface area contributed by atoms with Crippen LogP contribution in [0.3, 0.4) is 0 Å². The summed E-state index contributed by atoms with van der Waals surface area (Å²) in [5.41, 5.74) is 2.21. The van der Waals surface area contributed by atoms with Gasteiger partial charge in [0.25, 0.3) is 0 Å². The Morgan fingerprint density at radius 3 is 2.68 bits per heavy atom. The van der Waals surface area contributed by atoms with E-state index in [9.17, 15) is 14.7 Å². The summed E-state index contributed by atoms with van der Waals surface area (Å²) in [4.78, 5) is 30.1. The van der Waals surface area contributed by atoms with Gasteiger partial charge in [-0.1, -0.05) is 12.1 Å². The van der Waals surface area contributed by atoms with Crippen LogP contribution < -0.4 is 10.2 Å². The molecule has 2 amide bonds. The lowest BCUT2D eigenvalue weighted by Gasteiger charge is -2.47. The Bertz CT molecular complexity index is 991. The normalized spacial score (nSPS) is 21.2. The van der Waals surface area contributed by atoms with E-state index in [0.29, 0.717) is 50.5 Å². The standard InChI is InChI=1S/C22H26N6O3/c29-14-15-5-7-26(8-6-15)22(31)27-9-10-28-16(13-27)12-23-21-19(28)11-18(24-25-21)17-3-1-2-4-20(17)30/h1-4,11,14-16,30H,5-10,12-13H2,(H,23,25)/t16-/m0/s1. The van der Waals surface area contributed by atoms with Crippen LogP contribution in [0.2, 0.25) is 0 Å². The molecular weight excluding hydrogens is 396 g/mol. The first kappa shape index (κ1) is 19.6. The number of nitrogens with one attached hydrogen (secondary N) is 1. The second kappa shape index (κ2) is 8.05. The number of phenolic OH excluding ortho intramolecular Hbond substituents is 1. The van der Waals surface area contributed by atoms with E-state index < -0.39 is 0 Å². The number of hydrogen-bond acceptors (Lipinski definition) is 7. The third-order valence-corrected chi connectivity index (χ3v) is 6.52.